The molecule has 7 heteroatoms. The Hall–Kier alpha value is -1.66. The highest BCUT2D eigenvalue weighted by Crippen LogP contribution is 2.34. The summed E-state index contributed by atoms with van der Waals surface area (Å²) in [7, 11) is 4.01. The molecular formula is C21H22Cl2N2O2S. The monoisotopic (exact) mass is 436 g/mol. The maximum absolute atomic E-state index is 13.1. The summed E-state index contributed by atoms with van der Waals surface area (Å²) in [6.45, 7) is 2.03. The highest BCUT2D eigenvalue weighted by atomic mass is 35.5. The van der Waals surface area contributed by atoms with E-state index in [4.69, 9.17) is 27.9 Å². The van der Waals surface area contributed by atoms with Gasteiger partial charge < -0.3 is 14.5 Å². The number of rotatable bonds is 6. The van der Waals surface area contributed by atoms with Crippen molar-refractivity contribution in [1.82, 2.24) is 4.90 Å². The predicted molar refractivity (Wildman–Crippen MR) is 120 cm³/mol. The quantitative estimate of drug-likeness (QED) is 0.592. The van der Waals surface area contributed by atoms with Crippen LogP contribution in [-0.4, -0.2) is 50.4 Å². The Bertz CT molecular complexity index is 886. The Morgan fingerprint density at radius 3 is 2.71 bits per heavy atom. The molecule has 3 rings (SSSR count). The highest BCUT2D eigenvalue weighted by molar-refractivity contribution is 8.04. The van der Waals surface area contributed by atoms with Crippen molar-refractivity contribution in [3.8, 4) is 5.75 Å². The third kappa shape index (κ3) is 5.23. The van der Waals surface area contributed by atoms with Gasteiger partial charge in [-0.3, -0.25) is 4.79 Å². The van der Waals surface area contributed by atoms with Crippen LogP contribution in [0.3, 0.4) is 0 Å². The minimum Gasteiger partial charge on any atom is -0.492 e. The van der Waals surface area contributed by atoms with E-state index in [0.717, 1.165) is 29.3 Å². The second-order valence-corrected chi connectivity index (χ2v) is 8.55. The lowest BCUT2D eigenvalue weighted by Gasteiger charge is -2.28. The fourth-order valence-corrected chi connectivity index (χ4v) is 3.99. The Labute approximate surface area is 180 Å². The first-order chi connectivity index (χ1) is 13.5. The van der Waals surface area contributed by atoms with Crippen LogP contribution in [0.4, 0.5) is 5.69 Å². The van der Waals surface area contributed by atoms with Crippen LogP contribution >= 0.6 is 35.0 Å². The average Bonchev–Trinajstić information content (AvgIpc) is 2.67. The van der Waals surface area contributed by atoms with Gasteiger partial charge in [-0.1, -0.05) is 41.4 Å². The van der Waals surface area contributed by atoms with Gasteiger partial charge in [0.05, 0.1) is 15.0 Å². The van der Waals surface area contributed by atoms with Crippen LogP contribution in [0.15, 0.2) is 47.4 Å². The molecular weight excluding hydrogens is 415 g/mol. The SMILES string of the molecule is CN(C)CCOc1ccccc1C=C1SCCN(c2ccc(Cl)c(Cl)c2)C1=O. The number of para-hydroxylation sites is 1. The smallest absolute Gasteiger partial charge is 0.264 e. The molecule has 28 heavy (non-hydrogen) atoms. The molecule has 1 saturated heterocycles. The number of carbonyl (C=O) groups excluding carboxylic acids is 1. The molecule has 1 heterocycles. The molecule has 0 unspecified atom stereocenters. The van der Waals surface area contributed by atoms with Crippen molar-refractivity contribution in [2.24, 2.45) is 0 Å². The van der Waals surface area contributed by atoms with E-state index in [1.165, 1.54) is 0 Å². The van der Waals surface area contributed by atoms with E-state index >= 15 is 0 Å². The minimum absolute atomic E-state index is 0.0438. The van der Waals surface area contributed by atoms with Crippen LogP contribution in [0.2, 0.25) is 10.0 Å². The van der Waals surface area contributed by atoms with Crippen molar-refractivity contribution in [2.75, 3.05) is 44.4 Å². The normalized spacial score (nSPS) is 16.1. The van der Waals surface area contributed by atoms with Crippen molar-refractivity contribution in [3.05, 3.63) is 63.0 Å². The second-order valence-electron chi connectivity index (χ2n) is 6.60. The van der Waals surface area contributed by atoms with Crippen molar-refractivity contribution in [1.29, 1.82) is 0 Å². The summed E-state index contributed by atoms with van der Waals surface area (Å²) in [5, 5.41) is 0.916. The lowest BCUT2D eigenvalue weighted by atomic mass is 10.1. The van der Waals surface area contributed by atoms with Crippen LogP contribution in [0.5, 0.6) is 5.75 Å². The zero-order valence-electron chi connectivity index (χ0n) is 15.8. The first kappa shape index (κ1) is 21.1. The van der Waals surface area contributed by atoms with Gasteiger partial charge in [0.1, 0.15) is 12.4 Å². The molecule has 0 aromatic heterocycles. The van der Waals surface area contributed by atoms with Crippen molar-refractivity contribution in [3.63, 3.8) is 0 Å². The molecule has 2 aromatic carbocycles. The van der Waals surface area contributed by atoms with Gasteiger partial charge in [-0.25, -0.2) is 0 Å². The van der Waals surface area contributed by atoms with E-state index in [-0.39, 0.29) is 5.91 Å². The summed E-state index contributed by atoms with van der Waals surface area (Å²) in [5.74, 6) is 1.54. The van der Waals surface area contributed by atoms with Crippen molar-refractivity contribution < 1.29 is 9.53 Å². The average molecular weight is 437 g/mol. The lowest BCUT2D eigenvalue weighted by Crippen LogP contribution is -2.37. The summed E-state index contributed by atoms with van der Waals surface area (Å²) in [6, 6.07) is 13.0. The Balaban J connectivity index is 1.82. The Morgan fingerprint density at radius 1 is 1.18 bits per heavy atom. The van der Waals surface area contributed by atoms with Gasteiger partial charge in [-0.05, 0) is 44.4 Å². The number of anilines is 1. The second kappa shape index (κ2) is 9.70. The number of hydrogen-bond acceptors (Lipinski definition) is 4. The summed E-state index contributed by atoms with van der Waals surface area (Å²) in [4.78, 5) is 17.5. The number of likely N-dealkylation sites (N-methyl/N-ethyl adjacent to an activating group) is 1. The fourth-order valence-electron chi connectivity index (χ4n) is 2.76. The number of benzene rings is 2. The molecule has 1 aliphatic rings. The third-order valence-electron chi connectivity index (χ3n) is 4.24. The van der Waals surface area contributed by atoms with Gasteiger partial charge in [0.25, 0.3) is 5.91 Å². The van der Waals surface area contributed by atoms with Crippen LogP contribution < -0.4 is 9.64 Å². The molecule has 1 amide bonds. The Kier molecular flexibility index (Phi) is 7.30. The number of carbonyl (C=O) groups is 1. The number of halogens is 2. The van der Waals surface area contributed by atoms with Crippen LogP contribution in [-0.2, 0) is 4.79 Å². The van der Waals surface area contributed by atoms with E-state index in [1.807, 2.05) is 50.5 Å². The molecule has 0 N–H and O–H groups in total. The molecule has 0 bridgehead atoms. The van der Waals surface area contributed by atoms with E-state index in [2.05, 4.69) is 4.90 Å². The zero-order chi connectivity index (χ0) is 20.1. The molecule has 0 spiro atoms. The third-order valence-corrected chi connectivity index (χ3v) is 5.97. The molecule has 0 saturated carbocycles. The maximum Gasteiger partial charge on any atom is 0.264 e. The topological polar surface area (TPSA) is 32.8 Å². The standard InChI is InChI=1S/C21H22Cl2N2O2S/c1-24(2)9-11-27-19-6-4-3-5-15(19)13-20-21(26)25(10-12-28-20)16-7-8-17(22)18(23)14-16/h3-8,13-14H,9-12H2,1-2H3. The van der Waals surface area contributed by atoms with Crippen LogP contribution in [0.1, 0.15) is 5.56 Å². The number of hydrogen-bond donors (Lipinski definition) is 0. The van der Waals surface area contributed by atoms with Gasteiger partial charge in [0, 0.05) is 30.1 Å². The zero-order valence-corrected chi connectivity index (χ0v) is 18.2. The first-order valence-corrected chi connectivity index (χ1v) is 10.7. The molecule has 0 aliphatic carbocycles. The van der Waals surface area contributed by atoms with E-state index in [0.29, 0.717) is 28.1 Å². The van der Waals surface area contributed by atoms with Gasteiger partial charge in [-0.15, -0.1) is 11.8 Å². The number of ether oxygens (including phenoxy) is 1. The van der Waals surface area contributed by atoms with Gasteiger partial charge >= 0.3 is 0 Å². The molecule has 4 nitrogen and oxygen atoms in total. The molecule has 0 atom stereocenters. The van der Waals surface area contributed by atoms with Gasteiger partial charge in [0.15, 0.2) is 0 Å². The van der Waals surface area contributed by atoms with Gasteiger partial charge in [-0.2, -0.15) is 0 Å². The van der Waals surface area contributed by atoms with E-state index in [1.54, 1.807) is 28.8 Å². The van der Waals surface area contributed by atoms with Crippen molar-refractivity contribution >= 4 is 52.6 Å². The summed E-state index contributed by atoms with van der Waals surface area (Å²) in [5.41, 5.74) is 1.65. The van der Waals surface area contributed by atoms with Gasteiger partial charge in [0.2, 0.25) is 0 Å². The van der Waals surface area contributed by atoms with Crippen LogP contribution in [0, 0.1) is 0 Å². The van der Waals surface area contributed by atoms with Crippen molar-refractivity contribution in [2.45, 2.75) is 0 Å². The minimum atomic E-state index is -0.0438. The highest BCUT2D eigenvalue weighted by Gasteiger charge is 2.26. The number of amides is 1. The van der Waals surface area contributed by atoms with E-state index < -0.39 is 0 Å². The molecule has 0 radical (unpaired) electrons. The Morgan fingerprint density at radius 2 is 1.96 bits per heavy atom. The van der Waals surface area contributed by atoms with Crippen LogP contribution in [0.25, 0.3) is 6.08 Å². The molecule has 1 fully saturated rings. The predicted octanol–water partition coefficient (Wildman–Crippen LogP) is 5.05. The fraction of sp³-hybridized carbons (Fsp3) is 0.286. The molecule has 1 aliphatic heterocycles. The summed E-state index contributed by atoms with van der Waals surface area (Å²) in [6.07, 6.45) is 1.90. The number of nitrogens with zero attached hydrogens (tertiary/aromatic N) is 2. The molecule has 2 aromatic rings. The number of thioether (sulfide) groups is 1. The molecule has 148 valence electrons. The maximum atomic E-state index is 13.1. The lowest BCUT2D eigenvalue weighted by molar-refractivity contribution is -0.114. The largest absolute Gasteiger partial charge is 0.492 e. The van der Waals surface area contributed by atoms with E-state index in [9.17, 15) is 4.79 Å². The first-order valence-electron chi connectivity index (χ1n) is 8.93. The summed E-state index contributed by atoms with van der Waals surface area (Å²) >= 11 is 13.7. The summed E-state index contributed by atoms with van der Waals surface area (Å²) < 4.78 is 5.91.